The minimum atomic E-state index is -0.276. The molecule has 0 heterocycles. The number of ether oxygens (including phenoxy) is 1. The number of hydrogen-bond acceptors (Lipinski definition) is 4. The molecule has 0 saturated heterocycles. The fourth-order valence-electron chi connectivity index (χ4n) is 1.62. The topological polar surface area (TPSA) is 45.0 Å². The van der Waals surface area contributed by atoms with Gasteiger partial charge in [0.25, 0.3) is 0 Å². The van der Waals surface area contributed by atoms with Crippen molar-refractivity contribution in [3.63, 3.8) is 0 Å². The molecule has 3 nitrogen and oxygen atoms in total. The highest BCUT2D eigenvalue weighted by molar-refractivity contribution is 7.80. The number of halogens is 1. The summed E-state index contributed by atoms with van der Waals surface area (Å²) in [5.74, 6) is -0.276. The number of benzene rings is 1. The summed E-state index contributed by atoms with van der Waals surface area (Å²) in [6, 6.07) is 8.13. The molecule has 1 unspecified atom stereocenters. The second-order valence-electron chi connectivity index (χ2n) is 4.02. The fourth-order valence-corrected chi connectivity index (χ4v) is 1.82. The average Bonchev–Trinajstić information content (AvgIpc) is 2.39. The summed E-state index contributed by atoms with van der Waals surface area (Å²) in [4.78, 5) is 0. The lowest BCUT2D eigenvalue weighted by Gasteiger charge is -2.17. The molecule has 1 atom stereocenters. The zero-order valence-corrected chi connectivity index (χ0v) is 11.8. The third kappa shape index (κ3) is 4.04. The largest absolute Gasteiger partial charge is 0.486 e. The third-order valence-electron chi connectivity index (χ3n) is 2.68. The van der Waals surface area contributed by atoms with Gasteiger partial charge in [-0.25, -0.2) is 4.39 Å². The van der Waals surface area contributed by atoms with Gasteiger partial charge in [0.2, 0.25) is 5.05 Å². The Kier molecular flexibility index (Phi) is 5.46. The van der Waals surface area contributed by atoms with Gasteiger partial charge in [-0.05, 0) is 43.8 Å². The van der Waals surface area contributed by atoms with Crippen LogP contribution in [-0.4, -0.2) is 12.2 Å². The van der Waals surface area contributed by atoms with Crippen molar-refractivity contribution >= 4 is 17.3 Å². The number of nitrogens with one attached hydrogen (secondary N) is 1. The lowest BCUT2D eigenvalue weighted by atomic mass is 10.1. The van der Waals surface area contributed by atoms with E-state index in [1.165, 1.54) is 19.2 Å². The van der Waals surface area contributed by atoms with E-state index in [2.05, 4.69) is 5.32 Å². The van der Waals surface area contributed by atoms with Crippen molar-refractivity contribution in [2.75, 3.05) is 7.11 Å². The van der Waals surface area contributed by atoms with E-state index in [1.54, 1.807) is 19.1 Å². The monoisotopic (exact) mass is 278 g/mol. The van der Waals surface area contributed by atoms with Crippen molar-refractivity contribution in [1.29, 1.82) is 5.26 Å². The van der Waals surface area contributed by atoms with Crippen molar-refractivity contribution in [2.24, 2.45) is 0 Å². The minimum absolute atomic E-state index is 0.0661. The number of hydrogen-bond donors (Lipinski definition) is 1. The Morgan fingerprint density at radius 1 is 1.42 bits per heavy atom. The number of rotatable bonds is 4. The molecule has 0 aliphatic rings. The molecule has 5 heteroatoms. The smallest absolute Gasteiger partial charge is 0.203 e. The van der Waals surface area contributed by atoms with E-state index in [0.717, 1.165) is 5.56 Å². The Morgan fingerprint density at radius 2 is 2.00 bits per heavy atom. The van der Waals surface area contributed by atoms with Crippen LogP contribution in [0.5, 0.6) is 0 Å². The van der Waals surface area contributed by atoms with Gasteiger partial charge in [-0.2, -0.15) is 5.26 Å². The molecule has 1 rings (SSSR count). The highest BCUT2D eigenvalue weighted by atomic mass is 32.1. The Hall–Kier alpha value is -1.93. The summed E-state index contributed by atoms with van der Waals surface area (Å²) in [7, 11) is 1.43. The minimum Gasteiger partial charge on any atom is -0.486 e. The Labute approximate surface area is 117 Å². The van der Waals surface area contributed by atoms with Gasteiger partial charge in [0.1, 0.15) is 17.5 Å². The molecule has 0 spiro atoms. The SMILES string of the molecule is COC(=S)C(C#N)=C(C)NC(C)c1ccc(F)cc1. The van der Waals surface area contributed by atoms with Crippen LogP contribution >= 0.6 is 12.2 Å². The normalized spacial score (nSPS) is 13.0. The predicted molar refractivity (Wildman–Crippen MR) is 75.9 cm³/mol. The summed E-state index contributed by atoms with van der Waals surface area (Å²) >= 11 is 4.95. The van der Waals surface area contributed by atoms with Crippen molar-refractivity contribution in [3.8, 4) is 6.07 Å². The van der Waals surface area contributed by atoms with Crippen molar-refractivity contribution in [3.05, 3.63) is 46.9 Å². The maximum Gasteiger partial charge on any atom is 0.203 e. The van der Waals surface area contributed by atoms with Gasteiger partial charge in [0.05, 0.1) is 7.11 Å². The van der Waals surface area contributed by atoms with Gasteiger partial charge in [-0.3, -0.25) is 0 Å². The highest BCUT2D eigenvalue weighted by Gasteiger charge is 2.12. The predicted octanol–water partition coefficient (Wildman–Crippen LogP) is 3.25. The highest BCUT2D eigenvalue weighted by Crippen LogP contribution is 2.16. The lowest BCUT2D eigenvalue weighted by molar-refractivity contribution is 0.415. The van der Waals surface area contributed by atoms with E-state index in [-0.39, 0.29) is 16.9 Å². The molecule has 1 N–H and O–H groups in total. The van der Waals surface area contributed by atoms with Crippen LogP contribution in [0.25, 0.3) is 0 Å². The van der Waals surface area contributed by atoms with Crippen LogP contribution in [-0.2, 0) is 4.74 Å². The second-order valence-corrected chi connectivity index (χ2v) is 4.39. The van der Waals surface area contributed by atoms with Crippen LogP contribution in [0.4, 0.5) is 4.39 Å². The molecule has 0 aliphatic heterocycles. The summed E-state index contributed by atoms with van der Waals surface area (Å²) in [6.07, 6.45) is 0. The van der Waals surface area contributed by atoms with Gasteiger partial charge in [0, 0.05) is 11.7 Å². The molecule has 19 heavy (non-hydrogen) atoms. The maximum absolute atomic E-state index is 12.8. The molecule has 0 saturated carbocycles. The number of allylic oxidation sites excluding steroid dienone is 1. The number of methoxy groups -OCH3 is 1. The Balaban J connectivity index is 2.89. The van der Waals surface area contributed by atoms with Gasteiger partial charge in [0.15, 0.2) is 0 Å². The number of nitrogens with zero attached hydrogens (tertiary/aromatic N) is 1. The van der Waals surface area contributed by atoms with E-state index in [1.807, 2.05) is 13.0 Å². The van der Waals surface area contributed by atoms with Gasteiger partial charge < -0.3 is 10.1 Å². The molecule has 0 amide bonds. The molecular weight excluding hydrogens is 263 g/mol. The van der Waals surface area contributed by atoms with Crippen LogP contribution in [0.1, 0.15) is 25.5 Å². The van der Waals surface area contributed by atoms with Gasteiger partial charge >= 0.3 is 0 Å². The lowest BCUT2D eigenvalue weighted by Crippen LogP contribution is -2.20. The zero-order chi connectivity index (χ0) is 14.4. The Bertz CT molecular complexity index is 531. The summed E-state index contributed by atoms with van der Waals surface area (Å²) < 4.78 is 17.7. The average molecular weight is 278 g/mol. The van der Waals surface area contributed by atoms with Crippen LogP contribution in [0.2, 0.25) is 0 Å². The molecule has 0 bridgehead atoms. The molecular formula is C14H15FN2OS. The summed E-state index contributed by atoms with van der Waals surface area (Å²) in [5.41, 5.74) is 1.85. The molecule has 0 aromatic heterocycles. The quantitative estimate of drug-likeness (QED) is 0.521. The number of nitriles is 1. The second kappa shape index (κ2) is 6.86. The van der Waals surface area contributed by atoms with Gasteiger partial charge in [-0.1, -0.05) is 12.1 Å². The van der Waals surface area contributed by atoms with E-state index < -0.39 is 0 Å². The van der Waals surface area contributed by atoms with Crippen molar-refractivity contribution in [1.82, 2.24) is 5.32 Å². The third-order valence-corrected chi connectivity index (χ3v) is 3.05. The van der Waals surface area contributed by atoms with E-state index in [0.29, 0.717) is 11.3 Å². The Morgan fingerprint density at radius 3 is 2.47 bits per heavy atom. The van der Waals surface area contributed by atoms with Gasteiger partial charge in [-0.15, -0.1) is 0 Å². The maximum atomic E-state index is 12.8. The van der Waals surface area contributed by atoms with E-state index >= 15 is 0 Å². The van der Waals surface area contributed by atoms with E-state index in [9.17, 15) is 4.39 Å². The molecule has 100 valence electrons. The zero-order valence-electron chi connectivity index (χ0n) is 11.0. The molecule has 1 aromatic rings. The van der Waals surface area contributed by atoms with Crippen LogP contribution < -0.4 is 5.32 Å². The number of thiocarbonyl (C=S) groups is 1. The van der Waals surface area contributed by atoms with Crippen molar-refractivity contribution < 1.29 is 9.13 Å². The molecule has 0 fully saturated rings. The van der Waals surface area contributed by atoms with E-state index in [4.69, 9.17) is 22.2 Å². The molecule has 0 radical (unpaired) electrons. The van der Waals surface area contributed by atoms with Crippen molar-refractivity contribution in [2.45, 2.75) is 19.9 Å². The fraction of sp³-hybridized carbons (Fsp3) is 0.286. The standard InChI is InChI=1S/C14H15FN2OS/c1-9(11-4-6-12(15)7-5-11)17-10(2)13(8-16)14(19)18-3/h4-7,9,17H,1-3H3. The first kappa shape index (κ1) is 15.1. The van der Waals surface area contributed by atoms with Crippen LogP contribution in [0, 0.1) is 17.1 Å². The summed E-state index contributed by atoms with van der Waals surface area (Å²) in [6.45, 7) is 3.67. The summed E-state index contributed by atoms with van der Waals surface area (Å²) in [5, 5.41) is 12.4. The first-order chi connectivity index (χ1) is 8.99. The first-order valence-electron chi connectivity index (χ1n) is 5.71. The molecule has 0 aliphatic carbocycles. The first-order valence-corrected chi connectivity index (χ1v) is 6.11. The molecule has 1 aromatic carbocycles. The van der Waals surface area contributed by atoms with Crippen LogP contribution in [0.3, 0.4) is 0 Å². The van der Waals surface area contributed by atoms with Crippen LogP contribution in [0.15, 0.2) is 35.5 Å².